The van der Waals surface area contributed by atoms with Gasteiger partial charge in [0.25, 0.3) is 0 Å². The molecule has 0 saturated carbocycles. The largest absolute Gasteiger partial charge is 1.00 e. The first-order chi connectivity index (χ1) is 1.73. The molecule has 0 unspecified atom stereocenters. The van der Waals surface area contributed by atoms with Crippen LogP contribution in [-0.2, 0) is 0 Å². The van der Waals surface area contributed by atoms with Crippen molar-refractivity contribution in [2.45, 2.75) is 0 Å². The standard InChI is InChI=1S/CH2O3/c2-1(3)4/h(H2,2,3,4)/p+2. The van der Waals surface area contributed by atoms with Crippen molar-refractivity contribution in [3.63, 3.8) is 0 Å². The summed E-state index contributed by atoms with van der Waals surface area (Å²) in [6, 6.07) is 0. The monoisotopic (exact) mass is 64.0 g/mol. The maximum Gasteiger partial charge on any atom is 1.00 e. The Morgan fingerprint density at radius 2 is 1.75 bits per heavy atom. The molecule has 4 heavy (non-hydrogen) atoms. The molecule has 3 heteroatoms. The fourth-order valence-corrected chi connectivity index (χ4v) is 0. The molecule has 0 rings (SSSR count). The molecule has 0 spiro atoms. The zero-order valence-electron chi connectivity index (χ0n) is 3.80. The van der Waals surface area contributed by atoms with Crippen molar-refractivity contribution in [1.29, 1.82) is 0 Å². The molecule has 2 N–H and O–H groups in total. The molecule has 0 heterocycles. The summed E-state index contributed by atoms with van der Waals surface area (Å²) >= 11 is 0. The molecular formula is CH4O3+2. The molecule has 24 valence electrons. The summed E-state index contributed by atoms with van der Waals surface area (Å²) in [4.78, 5) is 8.56. The van der Waals surface area contributed by atoms with Gasteiger partial charge >= 0.3 is 9.01 Å². The lowest BCUT2D eigenvalue weighted by atomic mass is 11.5. The van der Waals surface area contributed by atoms with Crippen molar-refractivity contribution >= 4 is 6.16 Å². The van der Waals surface area contributed by atoms with Crippen molar-refractivity contribution < 1.29 is 17.9 Å². The molecule has 0 aliphatic heterocycles. The quantitative estimate of drug-likeness (QED) is 0.430. The van der Waals surface area contributed by atoms with Crippen molar-refractivity contribution in [3.05, 3.63) is 0 Å². The molecule has 0 aromatic carbocycles. The minimum absolute atomic E-state index is 0. The lowest BCUT2D eigenvalue weighted by Gasteiger charge is -1.60. The summed E-state index contributed by atoms with van der Waals surface area (Å²) in [5.74, 6) is 0. The first kappa shape index (κ1) is 3.27. The van der Waals surface area contributed by atoms with E-state index in [0.29, 0.717) is 0 Å². The molecule has 0 saturated heterocycles. The topological polar surface area (TPSA) is 57.5 Å². The van der Waals surface area contributed by atoms with Crippen LogP contribution in [0.15, 0.2) is 0 Å². The number of hydrogen-bond donors (Lipinski definition) is 2. The van der Waals surface area contributed by atoms with Gasteiger partial charge in [0.05, 0.1) is 0 Å². The second kappa shape index (κ2) is 0.711. The fourth-order valence-electron chi connectivity index (χ4n) is 0. The zero-order valence-corrected chi connectivity index (χ0v) is 1.80. The Hall–Kier alpha value is -0.730. The summed E-state index contributed by atoms with van der Waals surface area (Å²) in [6.07, 6.45) is -1.83. The first-order valence-electron chi connectivity index (χ1n) is 0.651. The molecule has 0 amide bonds. The van der Waals surface area contributed by atoms with Gasteiger partial charge in [0.1, 0.15) is 0 Å². The van der Waals surface area contributed by atoms with E-state index in [1.54, 1.807) is 0 Å². The molecule has 0 aliphatic rings. The van der Waals surface area contributed by atoms with E-state index in [-0.39, 0.29) is 2.85 Å². The predicted molar refractivity (Wildman–Crippen MR) is 12.9 cm³/mol. The van der Waals surface area contributed by atoms with Gasteiger partial charge in [-0.1, -0.05) is 0 Å². The minimum Gasteiger partial charge on any atom is -0.450 e. The van der Waals surface area contributed by atoms with E-state index in [4.69, 9.17) is 15.0 Å². The van der Waals surface area contributed by atoms with Crippen molar-refractivity contribution in [2.24, 2.45) is 0 Å². The smallest absolute Gasteiger partial charge is 0.450 e. The van der Waals surface area contributed by atoms with E-state index in [2.05, 4.69) is 0 Å². The lowest BCUT2D eigenvalue weighted by Crippen LogP contribution is -1.81. The third kappa shape index (κ3) is 0.174. The Morgan fingerprint density at radius 3 is 1.75 bits per heavy atom. The highest BCUT2D eigenvalue weighted by Gasteiger charge is 1.70. The van der Waals surface area contributed by atoms with Crippen LogP contribution >= 0.6 is 0 Å². The predicted octanol–water partition coefficient (Wildman–Crippen LogP) is 0.447. The highest BCUT2D eigenvalue weighted by molar-refractivity contribution is 5.53. The average Bonchev–Trinajstić information content (AvgIpc) is 0.811. The van der Waals surface area contributed by atoms with Gasteiger partial charge in [0.2, 0.25) is 0 Å². The minimum atomic E-state index is -1.83. The van der Waals surface area contributed by atoms with E-state index in [1.807, 2.05) is 0 Å². The number of rotatable bonds is 0. The Labute approximate surface area is 25.5 Å². The van der Waals surface area contributed by atoms with Crippen molar-refractivity contribution in [1.82, 2.24) is 0 Å². The van der Waals surface area contributed by atoms with Crippen LogP contribution in [0.3, 0.4) is 0 Å². The van der Waals surface area contributed by atoms with Crippen LogP contribution in [0.2, 0.25) is 0 Å². The number of hydrogen-bond acceptors (Lipinski definition) is 1. The molecule has 0 radical (unpaired) electrons. The van der Waals surface area contributed by atoms with Gasteiger partial charge in [0, 0.05) is 0 Å². The molecule has 0 atom stereocenters. The van der Waals surface area contributed by atoms with Gasteiger partial charge in [-0.3, -0.25) is 0 Å². The van der Waals surface area contributed by atoms with E-state index < -0.39 is 6.16 Å². The Bertz CT molecular complexity index is 31.8. The summed E-state index contributed by atoms with van der Waals surface area (Å²) in [5, 5.41) is 13.9. The van der Waals surface area contributed by atoms with Gasteiger partial charge in [-0.05, 0) is 0 Å². The molecule has 0 bridgehead atoms. The van der Waals surface area contributed by atoms with Crippen LogP contribution in [0.25, 0.3) is 0 Å². The first-order valence-corrected chi connectivity index (χ1v) is 0.651. The summed E-state index contributed by atoms with van der Waals surface area (Å²) in [5.41, 5.74) is 0. The average molecular weight is 64.0 g/mol. The van der Waals surface area contributed by atoms with Crippen molar-refractivity contribution in [3.8, 4) is 0 Å². The van der Waals surface area contributed by atoms with Crippen LogP contribution in [0.5, 0.6) is 0 Å². The summed E-state index contributed by atoms with van der Waals surface area (Å²) in [6.45, 7) is 0. The van der Waals surface area contributed by atoms with Gasteiger partial charge in [0.15, 0.2) is 0 Å². The van der Waals surface area contributed by atoms with Gasteiger partial charge in [-0.15, -0.1) is 0 Å². The normalized spacial score (nSPS) is 6.00. The van der Waals surface area contributed by atoms with Gasteiger partial charge < -0.3 is 10.2 Å². The van der Waals surface area contributed by atoms with Gasteiger partial charge in [-0.2, -0.15) is 0 Å². The Balaban J connectivity index is -0.0000000450. The summed E-state index contributed by atoms with van der Waals surface area (Å²) in [7, 11) is 0. The van der Waals surface area contributed by atoms with Crippen LogP contribution < -0.4 is 0 Å². The zero-order chi connectivity index (χ0) is 3.58. The van der Waals surface area contributed by atoms with E-state index in [9.17, 15) is 0 Å². The van der Waals surface area contributed by atoms with Gasteiger partial charge in [-0.25, -0.2) is 4.79 Å². The molecular weight excluding hydrogens is 60.0 g/mol. The van der Waals surface area contributed by atoms with E-state index in [0.717, 1.165) is 0 Å². The summed E-state index contributed by atoms with van der Waals surface area (Å²) < 4.78 is 0. The van der Waals surface area contributed by atoms with Crippen LogP contribution in [0.1, 0.15) is 2.85 Å². The Kier molecular flexibility index (Phi) is 0.581. The maximum absolute atomic E-state index is 8.56. The maximum atomic E-state index is 8.56. The van der Waals surface area contributed by atoms with Crippen molar-refractivity contribution in [2.75, 3.05) is 0 Å². The SMILES string of the molecule is O=C(O)O.[H+].[H+]. The number of carboxylic acid groups (broad SMARTS) is 2. The molecule has 3 nitrogen and oxygen atoms in total. The lowest BCUT2D eigenvalue weighted by molar-refractivity contribution is 0.137. The van der Waals surface area contributed by atoms with E-state index >= 15 is 0 Å². The van der Waals surface area contributed by atoms with E-state index in [1.165, 1.54) is 0 Å². The third-order valence-corrected chi connectivity index (χ3v) is 0. The second-order valence-electron chi connectivity index (χ2n) is 0.283. The van der Waals surface area contributed by atoms with Crippen LogP contribution in [0.4, 0.5) is 4.79 Å². The highest BCUT2D eigenvalue weighted by Crippen LogP contribution is 1.42. The molecule has 0 fully saturated rings. The molecule has 0 aliphatic carbocycles. The second-order valence-corrected chi connectivity index (χ2v) is 0.283. The van der Waals surface area contributed by atoms with Crippen LogP contribution in [-0.4, -0.2) is 16.4 Å². The molecule has 0 aromatic heterocycles. The van der Waals surface area contributed by atoms with Crippen LogP contribution in [0, 0.1) is 0 Å². The number of carbonyl (C=O) groups is 1. The third-order valence-electron chi connectivity index (χ3n) is 0. The fraction of sp³-hybridized carbons (Fsp3) is 0. The highest BCUT2D eigenvalue weighted by atomic mass is 16.6. The Morgan fingerprint density at radius 1 is 1.75 bits per heavy atom. The molecule has 0 aromatic rings.